The molecule has 29 heavy (non-hydrogen) atoms. The summed E-state index contributed by atoms with van der Waals surface area (Å²) < 4.78 is 11.6. The number of thioether (sulfide) groups is 1. The first-order valence-corrected chi connectivity index (χ1v) is 11.3. The van der Waals surface area contributed by atoms with Crippen molar-refractivity contribution < 1.29 is 9.47 Å². The van der Waals surface area contributed by atoms with E-state index < -0.39 is 0 Å². The first-order chi connectivity index (χ1) is 14.0. The maximum atomic E-state index is 6.66. The molecular formula is C22H26ClN3O2S. The number of benzene rings is 1. The van der Waals surface area contributed by atoms with Crippen molar-refractivity contribution in [2.45, 2.75) is 51.4 Å². The fourth-order valence-electron chi connectivity index (χ4n) is 3.97. The van der Waals surface area contributed by atoms with Crippen LogP contribution in [0.15, 0.2) is 41.5 Å². The van der Waals surface area contributed by atoms with Gasteiger partial charge in [-0.05, 0) is 50.1 Å². The molecule has 1 aromatic carbocycles. The lowest BCUT2D eigenvalue weighted by Crippen LogP contribution is -2.35. The van der Waals surface area contributed by atoms with Gasteiger partial charge >= 0.3 is 0 Å². The number of ether oxygens (including phenoxy) is 2. The van der Waals surface area contributed by atoms with E-state index in [1.165, 1.54) is 0 Å². The minimum absolute atomic E-state index is 0.00869. The Morgan fingerprint density at radius 1 is 1.31 bits per heavy atom. The Labute approximate surface area is 181 Å². The summed E-state index contributed by atoms with van der Waals surface area (Å²) in [6.07, 6.45) is 2.90. The maximum Gasteiger partial charge on any atom is 0.180 e. The molecule has 0 saturated carbocycles. The number of nitrogens with zero attached hydrogens (tertiary/aromatic N) is 3. The third kappa shape index (κ3) is 3.80. The third-order valence-electron chi connectivity index (χ3n) is 5.28. The van der Waals surface area contributed by atoms with E-state index >= 15 is 0 Å². The van der Waals surface area contributed by atoms with E-state index in [9.17, 15) is 0 Å². The Bertz CT molecular complexity index is 906. The Morgan fingerprint density at radius 2 is 2.14 bits per heavy atom. The minimum Gasteiger partial charge on any atom is -0.493 e. The molecule has 3 heterocycles. The van der Waals surface area contributed by atoms with Gasteiger partial charge in [-0.15, -0.1) is 0 Å². The molecule has 0 N–H and O–H groups in total. The molecule has 154 valence electrons. The molecule has 2 aliphatic rings. The van der Waals surface area contributed by atoms with Gasteiger partial charge in [0, 0.05) is 18.0 Å². The average Bonchev–Trinajstić information content (AvgIpc) is 3.28. The monoisotopic (exact) mass is 431 g/mol. The molecule has 2 aromatic rings. The van der Waals surface area contributed by atoms with Gasteiger partial charge in [-0.25, -0.2) is 0 Å². The van der Waals surface area contributed by atoms with Gasteiger partial charge in [0.1, 0.15) is 6.04 Å². The highest BCUT2D eigenvalue weighted by molar-refractivity contribution is 8.14. The van der Waals surface area contributed by atoms with E-state index in [4.69, 9.17) is 26.1 Å². The topological polar surface area (TPSA) is 47.0 Å². The number of fused-ring (bicyclic) bond motifs is 1. The molecule has 4 rings (SSSR count). The van der Waals surface area contributed by atoms with Crippen LogP contribution >= 0.6 is 23.4 Å². The number of hydrogen-bond donors (Lipinski definition) is 0. The molecule has 5 nitrogen and oxygen atoms in total. The van der Waals surface area contributed by atoms with Crippen LogP contribution in [0.4, 0.5) is 0 Å². The van der Waals surface area contributed by atoms with Crippen LogP contribution in [-0.2, 0) is 0 Å². The molecule has 1 aromatic heterocycles. The van der Waals surface area contributed by atoms with Crippen LogP contribution in [0, 0.1) is 0 Å². The van der Waals surface area contributed by atoms with Gasteiger partial charge in [0.25, 0.3) is 0 Å². The molecular weight excluding hydrogens is 406 g/mol. The van der Waals surface area contributed by atoms with E-state index in [0.29, 0.717) is 22.6 Å². The number of amidine groups is 1. The predicted octanol–water partition coefficient (Wildman–Crippen LogP) is 5.51. The second-order valence-electron chi connectivity index (χ2n) is 7.54. The lowest BCUT2D eigenvalue weighted by atomic mass is 9.95. The van der Waals surface area contributed by atoms with E-state index in [1.54, 1.807) is 7.11 Å². The molecule has 0 bridgehead atoms. The molecule has 1 fully saturated rings. The molecule has 0 radical (unpaired) electrons. The summed E-state index contributed by atoms with van der Waals surface area (Å²) in [6, 6.07) is 10.4. The average molecular weight is 432 g/mol. The highest BCUT2D eigenvalue weighted by Crippen LogP contribution is 2.50. The van der Waals surface area contributed by atoms with Gasteiger partial charge < -0.3 is 14.4 Å². The van der Waals surface area contributed by atoms with Crippen molar-refractivity contribution in [1.82, 2.24) is 9.88 Å². The van der Waals surface area contributed by atoms with Crippen molar-refractivity contribution in [3.8, 4) is 11.5 Å². The van der Waals surface area contributed by atoms with Crippen molar-refractivity contribution in [3.05, 3.63) is 52.8 Å². The van der Waals surface area contributed by atoms with Crippen molar-refractivity contribution in [2.75, 3.05) is 12.9 Å². The van der Waals surface area contributed by atoms with Crippen molar-refractivity contribution in [2.24, 2.45) is 4.99 Å². The molecule has 3 atom stereocenters. The van der Waals surface area contributed by atoms with E-state index in [-0.39, 0.29) is 18.2 Å². The number of rotatable bonds is 6. The van der Waals surface area contributed by atoms with Crippen LogP contribution in [0.25, 0.3) is 0 Å². The Morgan fingerprint density at radius 3 is 2.79 bits per heavy atom. The van der Waals surface area contributed by atoms with Crippen LogP contribution in [0.5, 0.6) is 11.5 Å². The van der Waals surface area contributed by atoms with Crippen LogP contribution in [-0.4, -0.2) is 40.1 Å². The summed E-state index contributed by atoms with van der Waals surface area (Å²) in [6.45, 7) is 6.18. The lowest BCUT2D eigenvalue weighted by Gasteiger charge is -2.32. The van der Waals surface area contributed by atoms with Crippen LogP contribution in [0.1, 0.15) is 50.5 Å². The maximum absolute atomic E-state index is 6.66. The van der Waals surface area contributed by atoms with Crippen LogP contribution in [0.2, 0.25) is 5.02 Å². The van der Waals surface area contributed by atoms with Gasteiger partial charge in [-0.3, -0.25) is 9.98 Å². The van der Waals surface area contributed by atoms with Crippen molar-refractivity contribution in [1.29, 1.82) is 0 Å². The second kappa shape index (κ2) is 8.44. The minimum atomic E-state index is -0.0781. The van der Waals surface area contributed by atoms with Gasteiger partial charge in [0.15, 0.2) is 16.7 Å². The first-order valence-electron chi connectivity index (χ1n) is 9.97. The number of pyridine rings is 1. The summed E-state index contributed by atoms with van der Waals surface area (Å²) in [7, 11) is 1.65. The normalized spacial score (nSPS) is 23.3. The number of halogens is 1. The van der Waals surface area contributed by atoms with Gasteiger partial charge in [0.2, 0.25) is 0 Å². The molecule has 0 unspecified atom stereocenters. The largest absolute Gasteiger partial charge is 0.493 e. The molecule has 0 aliphatic carbocycles. The number of aliphatic imine (C=N–C) groups is 1. The summed E-state index contributed by atoms with van der Waals surface area (Å²) in [5.41, 5.74) is 2.03. The molecule has 1 saturated heterocycles. The Balaban J connectivity index is 1.80. The predicted molar refractivity (Wildman–Crippen MR) is 119 cm³/mol. The third-order valence-corrected chi connectivity index (χ3v) is 6.68. The molecule has 7 heteroatoms. The summed E-state index contributed by atoms with van der Waals surface area (Å²) in [5.74, 6) is 2.29. The first kappa shape index (κ1) is 20.4. The van der Waals surface area contributed by atoms with Gasteiger partial charge in [-0.1, -0.05) is 36.4 Å². The fraction of sp³-hybridized carbons (Fsp3) is 0.455. The fourth-order valence-corrected chi connectivity index (χ4v) is 5.57. The van der Waals surface area contributed by atoms with E-state index in [1.807, 2.05) is 62.1 Å². The van der Waals surface area contributed by atoms with E-state index in [0.717, 1.165) is 28.6 Å². The van der Waals surface area contributed by atoms with Gasteiger partial charge in [0.05, 0.1) is 30.0 Å². The molecule has 0 spiro atoms. The quantitative estimate of drug-likeness (QED) is 0.603. The number of hydrogen-bond acceptors (Lipinski definition) is 6. The smallest absolute Gasteiger partial charge is 0.180 e. The van der Waals surface area contributed by atoms with Crippen molar-refractivity contribution >= 4 is 28.5 Å². The zero-order chi connectivity index (χ0) is 20.5. The zero-order valence-electron chi connectivity index (χ0n) is 17.1. The second-order valence-corrected chi connectivity index (χ2v) is 8.93. The zero-order valence-corrected chi connectivity index (χ0v) is 18.7. The van der Waals surface area contributed by atoms with Crippen LogP contribution < -0.4 is 9.47 Å². The molecule has 2 aliphatic heterocycles. The Hall–Kier alpha value is -1.92. The van der Waals surface area contributed by atoms with E-state index in [2.05, 4.69) is 16.8 Å². The number of methoxy groups -OCH3 is 1. The van der Waals surface area contributed by atoms with Gasteiger partial charge in [-0.2, -0.15) is 0 Å². The molecule has 0 amide bonds. The summed E-state index contributed by atoms with van der Waals surface area (Å²) in [5, 5.41) is 1.65. The summed E-state index contributed by atoms with van der Waals surface area (Å²) in [4.78, 5) is 12.1. The standard InChI is InChI=1S/C22H26ClN3O2S/c1-5-15-12-29-22-25-19(17-8-6-7-9-24-17)20(26(15)22)14-10-16(23)21(28-13(2)3)18(11-14)27-4/h6-11,13,15,19-20H,5,12H2,1-4H3/t15-,19-,20-/m1/s1. The highest BCUT2D eigenvalue weighted by Gasteiger charge is 2.45. The summed E-state index contributed by atoms with van der Waals surface area (Å²) >= 11 is 8.49. The Kier molecular flexibility index (Phi) is 5.93. The van der Waals surface area contributed by atoms with Crippen molar-refractivity contribution in [3.63, 3.8) is 0 Å². The van der Waals surface area contributed by atoms with Crippen LogP contribution in [0.3, 0.4) is 0 Å². The SMILES string of the molecule is CC[C@@H]1CSC2=N[C@H](c3ccccn3)[C@@H](c3cc(Cl)c(OC(C)C)c(OC)c3)N21. The lowest BCUT2D eigenvalue weighted by molar-refractivity contribution is 0.228. The number of aromatic nitrogens is 1. The highest BCUT2D eigenvalue weighted by atomic mass is 35.5.